The first-order valence-electron chi connectivity index (χ1n) is 9.67. The van der Waals surface area contributed by atoms with Gasteiger partial charge in [-0.05, 0) is 60.5 Å². The van der Waals surface area contributed by atoms with Crippen molar-refractivity contribution in [3.05, 3.63) is 62.2 Å². The lowest BCUT2D eigenvalue weighted by Gasteiger charge is -2.26. The average Bonchev–Trinajstić information content (AvgIpc) is 3.14. The van der Waals surface area contributed by atoms with Gasteiger partial charge >= 0.3 is 6.09 Å². The number of hydrogen-bond acceptors (Lipinski definition) is 6. The number of halogens is 3. The van der Waals surface area contributed by atoms with Gasteiger partial charge < -0.3 is 10.4 Å². The fraction of sp³-hybridized carbons (Fsp3) is 0.200. The molecule has 34 heavy (non-hydrogen) atoms. The fourth-order valence-electron chi connectivity index (χ4n) is 2.96. The molecule has 0 unspecified atom stereocenters. The number of nitrogens with one attached hydrogen (secondary N) is 2. The third kappa shape index (κ3) is 5.46. The highest BCUT2D eigenvalue weighted by Crippen LogP contribution is 2.26. The van der Waals surface area contributed by atoms with Crippen molar-refractivity contribution >= 4 is 62.7 Å². The Morgan fingerprint density at radius 2 is 1.94 bits per heavy atom. The number of anilines is 1. The van der Waals surface area contributed by atoms with E-state index in [1.165, 1.54) is 23.0 Å². The molecule has 0 fully saturated rings. The summed E-state index contributed by atoms with van der Waals surface area (Å²) in [5, 5.41) is 17.1. The van der Waals surface area contributed by atoms with Crippen LogP contribution in [0, 0.1) is 6.92 Å². The highest BCUT2D eigenvalue weighted by Gasteiger charge is 2.28. The number of pyridine rings is 2. The first-order chi connectivity index (χ1) is 16.0. The summed E-state index contributed by atoms with van der Waals surface area (Å²) in [6.07, 6.45) is 0.0609. The molecule has 0 aliphatic rings. The number of aromatic nitrogens is 4. The number of hydrogen-bond donors (Lipinski definition) is 3. The Morgan fingerprint density at radius 3 is 2.56 bits per heavy atom. The van der Waals surface area contributed by atoms with Gasteiger partial charge in [0.25, 0.3) is 11.8 Å². The second kappa shape index (κ2) is 10.4. The zero-order valence-corrected chi connectivity index (χ0v) is 21.1. The predicted molar refractivity (Wildman–Crippen MR) is 128 cm³/mol. The minimum Gasteiger partial charge on any atom is -0.464 e. The number of amides is 3. The van der Waals surface area contributed by atoms with Crippen LogP contribution in [0.1, 0.15) is 40.4 Å². The molecule has 0 aromatic carbocycles. The number of carbonyl (C=O) groups is 3. The van der Waals surface area contributed by atoms with Crippen molar-refractivity contribution < 1.29 is 19.5 Å². The van der Waals surface area contributed by atoms with Gasteiger partial charge in [-0.15, -0.1) is 0 Å². The fourth-order valence-corrected chi connectivity index (χ4v) is 3.79. The largest absolute Gasteiger partial charge is 0.464 e. The molecule has 3 rings (SSSR count). The maximum Gasteiger partial charge on any atom is 0.423 e. The second-order valence-electron chi connectivity index (χ2n) is 7.20. The van der Waals surface area contributed by atoms with E-state index in [1.54, 1.807) is 32.9 Å². The molecule has 3 aromatic rings. The van der Waals surface area contributed by atoms with E-state index in [4.69, 9.17) is 28.3 Å². The number of carboxylic acid groups (broad SMARTS) is 1. The van der Waals surface area contributed by atoms with E-state index in [0.717, 1.165) is 5.01 Å². The lowest BCUT2D eigenvalue weighted by Crippen LogP contribution is -2.50. The SMILES string of the molecule is Cc1cc(Cl)nc(C(=O)N(NC(=O)O)C(C)C)c1NC(=O)c1cc(Br)nn1-c1ncccc1Cl. The van der Waals surface area contributed by atoms with E-state index in [9.17, 15) is 14.4 Å². The van der Waals surface area contributed by atoms with Crippen molar-refractivity contribution in [1.29, 1.82) is 0 Å². The van der Waals surface area contributed by atoms with Gasteiger partial charge in [-0.25, -0.2) is 29.9 Å². The van der Waals surface area contributed by atoms with Crippen molar-refractivity contribution in [2.24, 2.45) is 0 Å². The summed E-state index contributed by atoms with van der Waals surface area (Å²) in [5.41, 5.74) is 2.32. The maximum absolute atomic E-state index is 13.3. The normalized spacial score (nSPS) is 10.8. The first-order valence-corrected chi connectivity index (χ1v) is 11.2. The van der Waals surface area contributed by atoms with Crippen molar-refractivity contribution in [2.45, 2.75) is 26.8 Å². The molecule has 0 spiro atoms. The van der Waals surface area contributed by atoms with Crippen LogP contribution in [0.25, 0.3) is 5.82 Å². The zero-order valence-electron chi connectivity index (χ0n) is 18.0. The number of rotatable bonds is 5. The van der Waals surface area contributed by atoms with Crippen LogP contribution in [0.5, 0.6) is 0 Å². The monoisotopic (exact) mass is 569 g/mol. The van der Waals surface area contributed by atoms with Gasteiger partial charge in [0.1, 0.15) is 15.5 Å². The molecule has 0 aliphatic carbocycles. The summed E-state index contributed by atoms with van der Waals surface area (Å²) in [7, 11) is 0. The lowest BCUT2D eigenvalue weighted by atomic mass is 10.1. The predicted octanol–water partition coefficient (Wildman–Crippen LogP) is 4.33. The summed E-state index contributed by atoms with van der Waals surface area (Å²) in [5.74, 6) is -1.23. The molecule has 0 saturated carbocycles. The van der Waals surface area contributed by atoms with Gasteiger partial charge in [0.15, 0.2) is 11.5 Å². The molecule has 0 radical (unpaired) electrons. The summed E-state index contributed by atoms with van der Waals surface area (Å²) in [6, 6.07) is 5.59. The van der Waals surface area contributed by atoms with E-state index in [0.29, 0.717) is 10.2 Å². The highest BCUT2D eigenvalue weighted by molar-refractivity contribution is 9.10. The number of carbonyl (C=O) groups excluding carboxylic acids is 2. The van der Waals surface area contributed by atoms with Crippen LogP contribution in [-0.2, 0) is 0 Å². The zero-order chi connectivity index (χ0) is 25.2. The van der Waals surface area contributed by atoms with Crippen LogP contribution in [0.2, 0.25) is 10.2 Å². The molecule has 0 bridgehead atoms. The first kappa shape index (κ1) is 25.4. The second-order valence-corrected chi connectivity index (χ2v) is 8.81. The van der Waals surface area contributed by atoms with Crippen molar-refractivity contribution in [3.8, 4) is 5.82 Å². The Kier molecular flexibility index (Phi) is 7.75. The summed E-state index contributed by atoms with van der Waals surface area (Å²) >= 11 is 15.5. The van der Waals surface area contributed by atoms with Gasteiger partial charge in [0.05, 0.1) is 10.7 Å². The molecule has 3 heterocycles. The van der Waals surface area contributed by atoms with E-state index in [2.05, 4.69) is 36.3 Å². The lowest BCUT2D eigenvalue weighted by molar-refractivity contribution is 0.0570. The molecule has 3 N–H and O–H groups in total. The van der Waals surface area contributed by atoms with E-state index in [1.807, 2.05) is 5.43 Å². The molecule has 178 valence electrons. The van der Waals surface area contributed by atoms with Gasteiger partial charge in [0.2, 0.25) is 0 Å². The Morgan fingerprint density at radius 1 is 1.24 bits per heavy atom. The quantitative estimate of drug-likeness (QED) is 0.306. The molecule has 3 amide bonds. The molecule has 0 saturated heterocycles. The van der Waals surface area contributed by atoms with Crippen LogP contribution in [0.15, 0.2) is 35.1 Å². The van der Waals surface area contributed by atoms with Crippen molar-refractivity contribution in [2.75, 3.05) is 5.32 Å². The third-order valence-electron chi connectivity index (χ3n) is 4.43. The van der Waals surface area contributed by atoms with Crippen LogP contribution in [0.3, 0.4) is 0 Å². The molecule has 0 aliphatic heterocycles. The van der Waals surface area contributed by atoms with Crippen molar-refractivity contribution in [3.63, 3.8) is 0 Å². The van der Waals surface area contributed by atoms with Gasteiger partial charge in [0, 0.05) is 18.3 Å². The van der Waals surface area contributed by atoms with E-state index in [-0.39, 0.29) is 33.1 Å². The number of hydrazine groups is 1. The van der Waals surface area contributed by atoms with Crippen LogP contribution < -0.4 is 10.7 Å². The summed E-state index contributed by atoms with van der Waals surface area (Å²) in [4.78, 5) is 45.8. The number of nitrogens with zero attached hydrogens (tertiary/aromatic N) is 5. The molecular formula is C20H18BrCl2N7O4. The topological polar surface area (TPSA) is 142 Å². The van der Waals surface area contributed by atoms with E-state index >= 15 is 0 Å². The summed E-state index contributed by atoms with van der Waals surface area (Å²) < 4.78 is 1.59. The summed E-state index contributed by atoms with van der Waals surface area (Å²) in [6.45, 7) is 4.83. The highest BCUT2D eigenvalue weighted by atomic mass is 79.9. The maximum atomic E-state index is 13.3. The van der Waals surface area contributed by atoms with E-state index < -0.39 is 23.9 Å². The Hall–Kier alpha value is -3.22. The van der Waals surface area contributed by atoms with Crippen LogP contribution >= 0.6 is 39.1 Å². The average molecular weight is 571 g/mol. The molecule has 3 aromatic heterocycles. The molecule has 11 nitrogen and oxygen atoms in total. The smallest absolute Gasteiger partial charge is 0.423 e. The minimum absolute atomic E-state index is 0.00839. The van der Waals surface area contributed by atoms with Crippen LogP contribution in [-0.4, -0.2) is 53.8 Å². The molecular weight excluding hydrogens is 553 g/mol. The molecule has 14 heteroatoms. The van der Waals surface area contributed by atoms with Gasteiger partial charge in [-0.2, -0.15) is 5.10 Å². The molecule has 0 atom stereocenters. The standard InChI is InChI=1S/C20H18BrCl2N7O4/c1-9(2)29(28-20(33)34)19(32)16-15(10(3)7-14(23)25-16)26-18(31)12-8-13(21)27-30(12)17-11(22)5-4-6-24-17/h4-9,28H,1-3H3,(H,26,31)(H,33,34). The van der Waals surface area contributed by atoms with Gasteiger partial charge in [-0.3, -0.25) is 9.59 Å². The Bertz CT molecular complexity index is 1280. The number of aryl methyl sites for hydroxylation is 1. The Labute approximate surface area is 212 Å². The Balaban J connectivity index is 2.05. The minimum atomic E-state index is -1.44. The van der Waals surface area contributed by atoms with Crippen molar-refractivity contribution in [1.82, 2.24) is 30.2 Å². The third-order valence-corrected chi connectivity index (χ3v) is 5.31. The van der Waals surface area contributed by atoms with Gasteiger partial charge in [-0.1, -0.05) is 23.2 Å². The van der Waals surface area contributed by atoms with Crippen LogP contribution in [0.4, 0.5) is 10.5 Å².